The maximum absolute atomic E-state index is 13.4. The van der Waals surface area contributed by atoms with Crippen LogP contribution in [-0.4, -0.2) is 23.9 Å². The topological polar surface area (TPSA) is 3.24 Å². The van der Waals surface area contributed by atoms with Gasteiger partial charge < -0.3 is 0 Å². The van der Waals surface area contributed by atoms with E-state index in [-0.39, 0.29) is 5.82 Å². The van der Waals surface area contributed by atoms with E-state index in [1.165, 1.54) is 6.07 Å². The van der Waals surface area contributed by atoms with Crippen LogP contribution in [-0.2, 0) is 6.54 Å². The minimum absolute atomic E-state index is 0.364. The molecule has 0 saturated heterocycles. The van der Waals surface area contributed by atoms with E-state index in [1.54, 1.807) is 0 Å². The van der Waals surface area contributed by atoms with Crippen LogP contribution in [0.15, 0.2) is 18.2 Å². The van der Waals surface area contributed by atoms with Crippen LogP contribution in [0, 0.1) is 11.6 Å². The van der Waals surface area contributed by atoms with Crippen LogP contribution in [0.5, 0.6) is 0 Å². The number of alkyl halides is 1. The van der Waals surface area contributed by atoms with Gasteiger partial charge in [-0.2, -0.15) is 0 Å². The Morgan fingerprint density at radius 3 is 2.62 bits per heavy atom. The van der Waals surface area contributed by atoms with Crippen molar-refractivity contribution in [2.24, 2.45) is 0 Å². The molecule has 1 nitrogen and oxygen atoms in total. The predicted octanol–water partition coefficient (Wildman–Crippen LogP) is 3.42. The molecule has 0 amide bonds. The number of hydrogen-bond donors (Lipinski definition) is 0. The van der Waals surface area contributed by atoms with Gasteiger partial charge in [-0.25, -0.2) is 8.78 Å². The monoisotopic (exact) mass is 247 g/mol. The van der Waals surface area contributed by atoms with Crippen molar-refractivity contribution < 1.29 is 8.78 Å². The molecule has 0 aliphatic rings. The zero-order valence-electron chi connectivity index (χ0n) is 9.35. The molecule has 0 saturated carbocycles. The zero-order chi connectivity index (χ0) is 12.0. The molecular weight excluding hydrogens is 232 g/mol. The average Bonchev–Trinajstić information content (AvgIpc) is 2.24. The van der Waals surface area contributed by atoms with Crippen molar-refractivity contribution in [1.82, 2.24) is 4.90 Å². The fourth-order valence-electron chi connectivity index (χ4n) is 1.61. The Labute approximate surface area is 100 Å². The van der Waals surface area contributed by atoms with Gasteiger partial charge in [0.2, 0.25) is 0 Å². The molecule has 1 rings (SSSR count). The molecule has 0 radical (unpaired) electrons. The molecule has 90 valence electrons. The van der Waals surface area contributed by atoms with Gasteiger partial charge in [0.25, 0.3) is 0 Å². The molecule has 4 heteroatoms. The van der Waals surface area contributed by atoms with Crippen LogP contribution < -0.4 is 0 Å². The van der Waals surface area contributed by atoms with Gasteiger partial charge in [-0.1, -0.05) is 6.92 Å². The third-order valence-corrected chi connectivity index (χ3v) is 2.51. The van der Waals surface area contributed by atoms with Crippen molar-refractivity contribution in [1.29, 1.82) is 0 Å². The van der Waals surface area contributed by atoms with Crippen LogP contribution in [0.4, 0.5) is 8.78 Å². The molecular formula is C12H16ClF2N. The highest BCUT2D eigenvalue weighted by atomic mass is 35.5. The van der Waals surface area contributed by atoms with Gasteiger partial charge in [-0.05, 0) is 31.2 Å². The summed E-state index contributed by atoms with van der Waals surface area (Å²) in [6.07, 6.45) is 0.966. The summed E-state index contributed by atoms with van der Waals surface area (Å²) in [6, 6.07) is 3.53. The summed E-state index contributed by atoms with van der Waals surface area (Å²) >= 11 is 5.66. The van der Waals surface area contributed by atoms with E-state index in [1.807, 2.05) is 11.8 Å². The van der Waals surface area contributed by atoms with E-state index >= 15 is 0 Å². The molecule has 0 spiro atoms. The van der Waals surface area contributed by atoms with E-state index in [9.17, 15) is 8.78 Å². The number of nitrogens with zero attached hydrogens (tertiary/aromatic N) is 1. The Hall–Kier alpha value is -0.670. The van der Waals surface area contributed by atoms with E-state index in [2.05, 4.69) is 0 Å². The fraction of sp³-hybridized carbons (Fsp3) is 0.500. The van der Waals surface area contributed by atoms with Crippen molar-refractivity contribution in [3.63, 3.8) is 0 Å². The normalized spacial score (nSPS) is 11.1. The average molecular weight is 248 g/mol. The first-order valence-electron chi connectivity index (χ1n) is 5.39. The van der Waals surface area contributed by atoms with Crippen LogP contribution in [0.2, 0.25) is 0 Å². The van der Waals surface area contributed by atoms with Crippen LogP contribution in [0.3, 0.4) is 0 Å². The molecule has 1 aromatic carbocycles. The Kier molecular flexibility index (Phi) is 5.71. The first-order valence-corrected chi connectivity index (χ1v) is 5.93. The van der Waals surface area contributed by atoms with E-state index in [4.69, 9.17) is 11.6 Å². The molecule has 0 heterocycles. The standard InChI is InChI=1S/C12H16ClF2N/c1-2-6-16(7-5-13)9-10-8-11(14)3-4-12(10)15/h3-4,8H,2,5-7,9H2,1H3. The molecule has 1 aromatic rings. The van der Waals surface area contributed by atoms with Gasteiger partial charge in [0.15, 0.2) is 0 Å². The molecule has 0 N–H and O–H groups in total. The van der Waals surface area contributed by atoms with Gasteiger partial charge in [-0.3, -0.25) is 4.90 Å². The first kappa shape index (κ1) is 13.4. The smallest absolute Gasteiger partial charge is 0.127 e. The van der Waals surface area contributed by atoms with Gasteiger partial charge in [0.05, 0.1) is 0 Å². The van der Waals surface area contributed by atoms with Crippen LogP contribution in [0.1, 0.15) is 18.9 Å². The Balaban J connectivity index is 2.71. The SMILES string of the molecule is CCCN(CCCl)Cc1cc(F)ccc1F. The molecule has 0 aliphatic heterocycles. The van der Waals surface area contributed by atoms with E-state index in [0.717, 1.165) is 25.1 Å². The summed E-state index contributed by atoms with van der Waals surface area (Å²) < 4.78 is 26.3. The van der Waals surface area contributed by atoms with Crippen LogP contribution >= 0.6 is 11.6 Å². The van der Waals surface area contributed by atoms with Crippen molar-refractivity contribution in [2.45, 2.75) is 19.9 Å². The summed E-state index contributed by atoms with van der Waals surface area (Å²) in [6.45, 7) is 3.97. The number of benzene rings is 1. The number of rotatable bonds is 6. The van der Waals surface area contributed by atoms with Crippen molar-refractivity contribution in [3.05, 3.63) is 35.4 Å². The van der Waals surface area contributed by atoms with Crippen molar-refractivity contribution in [3.8, 4) is 0 Å². The van der Waals surface area contributed by atoms with Crippen molar-refractivity contribution >= 4 is 11.6 Å². The second-order valence-electron chi connectivity index (χ2n) is 3.70. The van der Waals surface area contributed by atoms with E-state index in [0.29, 0.717) is 24.5 Å². The maximum Gasteiger partial charge on any atom is 0.127 e. The quantitative estimate of drug-likeness (QED) is 0.697. The lowest BCUT2D eigenvalue weighted by atomic mass is 10.2. The molecule has 16 heavy (non-hydrogen) atoms. The second kappa shape index (κ2) is 6.81. The number of halogens is 3. The lowest BCUT2D eigenvalue weighted by Crippen LogP contribution is -2.26. The van der Waals surface area contributed by atoms with Crippen LogP contribution in [0.25, 0.3) is 0 Å². The summed E-state index contributed by atoms with van der Waals surface area (Å²) in [5.74, 6) is -0.271. The Morgan fingerprint density at radius 2 is 2.00 bits per heavy atom. The number of hydrogen-bond acceptors (Lipinski definition) is 1. The van der Waals surface area contributed by atoms with Gasteiger partial charge >= 0.3 is 0 Å². The lowest BCUT2D eigenvalue weighted by Gasteiger charge is -2.20. The molecule has 0 bridgehead atoms. The predicted molar refractivity (Wildman–Crippen MR) is 62.6 cm³/mol. The largest absolute Gasteiger partial charge is 0.298 e. The molecule has 0 aliphatic carbocycles. The van der Waals surface area contributed by atoms with Crippen molar-refractivity contribution in [2.75, 3.05) is 19.0 Å². The molecule has 0 atom stereocenters. The summed E-state index contributed by atoms with van der Waals surface area (Å²) in [7, 11) is 0. The van der Waals surface area contributed by atoms with Gasteiger partial charge in [-0.15, -0.1) is 11.6 Å². The summed E-state index contributed by atoms with van der Waals surface area (Å²) in [5.41, 5.74) is 0.388. The fourth-order valence-corrected chi connectivity index (χ4v) is 1.85. The molecule has 0 aromatic heterocycles. The van der Waals surface area contributed by atoms with Gasteiger partial charge in [0.1, 0.15) is 11.6 Å². The Morgan fingerprint density at radius 1 is 1.25 bits per heavy atom. The first-order chi connectivity index (χ1) is 7.67. The Bertz CT molecular complexity index is 325. The zero-order valence-corrected chi connectivity index (χ0v) is 10.1. The third kappa shape index (κ3) is 4.06. The summed E-state index contributed by atoms with van der Waals surface area (Å²) in [5, 5.41) is 0. The highest BCUT2D eigenvalue weighted by molar-refractivity contribution is 6.18. The molecule has 0 fully saturated rings. The highest BCUT2D eigenvalue weighted by Crippen LogP contribution is 2.12. The minimum atomic E-state index is -0.404. The van der Waals surface area contributed by atoms with E-state index < -0.39 is 5.82 Å². The second-order valence-corrected chi connectivity index (χ2v) is 4.08. The lowest BCUT2D eigenvalue weighted by molar-refractivity contribution is 0.277. The third-order valence-electron chi connectivity index (χ3n) is 2.34. The van der Waals surface area contributed by atoms with Gasteiger partial charge in [0, 0.05) is 24.5 Å². The maximum atomic E-state index is 13.4. The minimum Gasteiger partial charge on any atom is -0.298 e. The highest BCUT2D eigenvalue weighted by Gasteiger charge is 2.09. The summed E-state index contributed by atoms with van der Waals surface area (Å²) in [4.78, 5) is 2.02. The molecule has 0 unspecified atom stereocenters.